The number of hydrogen-bond acceptors (Lipinski definition) is 2. The second-order valence-corrected chi connectivity index (χ2v) is 5.14. The van der Waals surface area contributed by atoms with Crippen molar-refractivity contribution in [3.05, 3.63) is 63.9 Å². The Morgan fingerprint density at radius 2 is 1.89 bits per heavy atom. The van der Waals surface area contributed by atoms with Crippen LogP contribution in [0.3, 0.4) is 0 Å². The zero-order chi connectivity index (χ0) is 13.8. The fraction of sp³-hybridized carbons (Fsp3) is 0.200. The Balaban J connectivity index is 2.00. The molecular weight excluding hydrogens is 311 g/mol. The van der Waals surface area contributed by atoms with E-state index in [4.69, 9.17) is 4.74 Å². The van der Waals surface area contributed by atoms with Gasteiger partial charge in [-0.1, -0.05) is 18.2 Å². The highest BCUT2D eigenvalue weighted by Gasteiger charge is 2.03. The summed E-state index contributed by atoms with van der Waals surface area (Å²) in [6, 6.07) is 12.0. The van der Waals surface area contributed by atoms with Crippen LogP contribution in [0.4, 0.5) is 4.39 Å². The van der Waals surface area contributed by atoms with E-state index in [-0.39, 0.29) is 5.82 Å². The van der Waals surface area contributed by atoms with E-state index >= 15 is 0 Å². The molecule has 0 saturated carbocycles. The van der Waals surface area contributed by atoms with Crippen LogP contribution in [-0.2, 0) is 6.61 Å². The van der Waals surface area contributed by atoms with Gasteiger partial charge in [-0.15, -0.1) is 0 Å². The van der Waals surface area contributed by atoms with Crippen LogP contribution in [0, 0.1) is 5.82 Å². The topological polar surface area (TPSA) is 29.5 Å². The van der Waals surface area contributed by atoms with Gasteiger partial charge in [0.1, 0.15) is 18.2 Å². The molecule has 19 heavy (non-hydrogen) atoms. The standard InChI is InChI=1S/C15H14BrFO2/c1-10(18)12-3-5-13(6-4-12)19-9-11-2-7-15(17)14(16)8-11/h2-8,10,18H,9H2,1H3/t10-/m0/s1. The van der Waals surface area contributed by atoms with E-state index in [1.54, 1.807) is 31.2 Å². The molecule has 2 aromatic carbocycles. The van der Waals surface area contributed by atoms with Crippen molar-refractivity contribution < 1.29 is 14.2 Å². The molecule has 1 N–H and O–H groups in total. The minimum absolute atomic E-state index is 0.287. The molecule has 0 fully saturated rings. The van der Waals surface area contributed by atoms with Crippen molar-refractivity contribution in [2.45, 2.75) is 19.6 Å². The number of aliphatic hydroxyl groups is 1. The molecule has 0 radical (unpaired) electrons. The van der Waals surface area contributed by atoms with Gasteiger partial charge in [0.25, 0.3) is 0 Å². The van der Waals surface area contributed by atoms with E-state index in [0.29, 0.717) is 16.8 Å². The normalized spacial score (nSPS) is 12.2. The summed E-state index contributed by atoms with van der Waals surface area (Å²) in [7, 11) is 0. The second kappa shape index (κ2) is 6.17. The summed E-state index contributed by atoms with van der Waals surface area (Å²) in [5, 5.41) is 9.40. The Kier molecular flexibility index (Phi) is 4.56. The molecule has 2 rings (SSSR count). The Hall–Kier alpha value is -1.39. The Morgan fingerprint density at radius 3 is 2.47 bits per heavy atom. The molecule has 2 nitrogen and oxygen atoms in total. The van der Waals surface area contributed by atoms with Gasteiger partial charge in [-0.05, 0) is 58.2 Å². The minimum atomic E-state index is -0.484. The van der Waals surface area contributed by atoms with Crippen molar-refractivity contribution in [3.8, 4) is 5.75 Å². The van der Waals surface area contributed by atoms with Crippen molar-refractivity contribution in [1.82, 2.24) is 0 Å². The highest BCUT2D eigenvalue weighted by atomic mass is 79.9. The third kappa shape index (κ3) is 3.78. The first-order valence-electron chi connectivity index (χ1n) is 5.91. The first-order chi connectivity index (χ1) is 9.06. The molecule has 0 aliphatic heterocycles. The van der Waals surface area contributed by atoms with E-state index < -0.39 is 6.10 Å². The van der Waals surface area contributed by atoms with Crippen LogP contribution in [0.15, 0.2) is 46.9 Å². The summed E-state index contributed by atoms with van der Waals surface area (Å²) >= 11 is 3.14. The molecule has 0 aromatic heterocycles. The molecule has 2 aromatic rings. The second-order valence-electron chi connectivity index (χ2n) is 4.28. The van der Waals surface area contributed by atoms with Gasteiger partial charge in [-0.3, -0.25) is 0 Å². The molecular formula is C15H14BrFO2. The largest absolute Gasteiger partial charge is 0.489 e. The van der Waals surface area contributed by atoms with Crippen molar-refractivity contribution in [1.29, 1.82) is 0 Å². The molecule has 0 saturated heterocycles. The molecule has 0 unspecified atom stereocenters. The number of halogens is 2. The van der Waals surface area contributed by atoms with Gasteiger partial charge in [0.15, 0.2) is 0 Å². The van der Waals surface area contributed by atoms with Gasteiger partial charge in [0.05, 0.1) is 10.6 Å². The maximum Gasteiger partial charge on any atom is 0.137 e. The van der Waals surface area contributed by atoms with E-state index in [1.807, 2.05) is 12.1 Å². The van der Waals surface area contributed by atoms with Crippen molar-refractivity contribution in [2.75, 3.05) is 0 Å². The molecule has 0 aliphatic rings. The summed E-state index contributed by atoms with van der Waals surface area (Å²) in [4.78, 5) is 0. The number of ether oxygens (including phenoxy) is 1. The number of benzene rings is 2. The number of aliphatic hydroxyl groups excluding tert-OH is 1. The van der Waals surface area contributed by atoms with E-state index in [2.05, 4.69) is 15.9 Å². The Labute approximate surface area is 120 Å². The highest BCUT2D eigenvalue weighted by Crippen LogP contribution is 2.20. The molecule has 0 spiro atoms. The Morgan fingerprint density at radius 1 is 1.21 bits per heavy atom. The van der Waals surface area contributed by atoms with Gasteiger partial charge in [0, 0.05) is 0 Å². The molecule has 0 aliphatic carbocycles. The zero-order valence-electron chi connectivity index (χ0n) is 10.4. The van der Waals surface area contributed by atoms with Crippen LogP contribution in [-0.4, -0.2) is 5.11 Å². The number of hydrogen-bond donors (Lipinski definition) is 1. The lowest BCUT2D eigenvalue weighted by Gasteiger charge is -2.09. The van der Waals surface area contributed by atoms with Gasteiger partial charge in [0.2, 0.25) is 0 Å². The monoisotopic (exact) mass is 324 g/mol. The summed E-state index contributed by atoms with van der Waals surface area (Å²) in [6.45, 7) is 2.08. The fourth-order valence-electron chi connectivity index (χ4n) is 1.64. The van der Waals surface area contributed by atoms with Crippen LogP contribution in [0.5, 0.6) is 5.75 Å². The van der Waals surface area contributed by atoms with Gasteiger partial charge >= 0.3 is 0 Å². The van der Waals surface area contributed by atoms with Gasteiger partial charge in [-0.2, -0.15) is 0 Å². The van der Waals surface area contributed by atoms with Crippen LogP contribution < -0.4 is 4.74 Å². The molecule has 4 heteroatoms. The number of rotatable bonds is 4. The average molecular weight is 325 g/mol. The predicted molar refractivity (Wildman–Crippen MR) is 75.5 cm³/mol. The average Bonchev–Trinajstić information content (AvgIpc) is 2.40. The van der Waals surface area contributed by atoms with E-state index in [0.717, 1.165) is 11.1 Å². The highest BCUT2D eigenvalue weighted by molar-refractivity contribution is 9.10. The first-order valence-corrected chi connectivity index (χ1v) is 6.70. The minimum Gasteiger partial charge on any atom is -0.489 e. The predicted octanol–water partition coefficient (Wildman–Crippen LogP) is 4.22. The van der Waals surface area contributed by atoms with Gasteiger partial charge in [-0.25, -0.2) is 4.39 Å². The van der Waals surface area contributed by atoms with Gasteiger partial charge < -0.3 is 9.84 Å². The lowest BCUT2D eigenvalue weighted by molar-refractivity contribution is 0.199. The lowest BCUT2D eigenvalue weighted by Crippen LogP contribution is -1.97. The molecule has 0 amide bonds. The molecule has 0 heterocycles. The maximum absolute atomic E-state index is 13.1. The smallest absolute Gasteiger partial charge is 0.137 e. The summed E-state index contributed by atoms with van der Waals surface area (Å²) < 4.78 is 19.1. The van der Waals surface area contributed by atoms with Crippen LogP contribution in [0.25, 0.3) is 0 Å². The Bertz CT molecular complexity index is 553. The first kappa shape index (κ1) is 14.0. The van der Waals surface area contributed by atoms with E-state index in [9.17, 15) is 9.50 Å². The molecule has 0 bridgehead atoms. The van der Waals surface area contributed by atoms with E-state index in [1.165, 1.54) is 6.07 Å². The third-order valence-corrected chi connectivity index (χ3v) is 3.36. The summed E-state index contributed by atoms with van der Waals surface area (Å²) in [5.41, 5.74) is 1.73. The van der Waals surface area contributed by atoms with Crippen LogP contribution in [0.1, 0.15) is 24.2 Å². The fourth-order valence-corrected chi connectivity index (χ4v) is 2.06. The molecule has 1 atom stereocenters. The summed E-state index contributed by atoms with van der Waals surface area (Å²) in [6.07, 6.45) is -0.484. The molecule has 100 valence electrons. The van der Waals surface area contributed by atoms with Crippen molar-refractivity contribution >= 4 is 15.9 Å². The van der Waals surface area contributed by atoms with Crippen LogP contribution in [0.2, 0.25) is 0 Å². The summed E-state index contributed by atoms with van der Waals surface area (Å²) in [5.74, 6) is 0.426. The lowest BCUT2D eigenvalue weighted by atomic mass is 10.1. The quantitative estimate of drug-likeness (QED) is 0.912. The SMILES string of the molecule is C[C@H](O)c1ccc(OCc2ccc(F)c(Br)c2)cc1. The van der Waals surface area contributed by atoms with Crippen molar-refractivity contribution in [2.24, 2.45) is 0 Å². The third-order valence-electron chi connectivity index (χ3n) is 2.75. The zero-order valence-corrected chi connectivity index (χ0v) is 12.0. The van der Waals surface area contributed by atoms with Crippen molar-refractivity contribution in [3.63, 3.8) is 0 Å². The van der Waals surface area contributed by atoms with Crippen LogP contribution >= 0.6 is 15.9 Å². The maximum atomic E-state index is 13.1.